The monoisotopic (exact) mass is 357 g/mol. The zero-order valence-electron chi connectivity index (χ0n) is 15.1. The summed E-state index contributed by atoms with van der Waals surface area (Å²) in [5.41, 5.74) is 2.12. The number of carbonyl (C=O) groups excluding carboxylic acids is 1. The number of phenols is 1. The van der Waals surface area contributed by atoms with Gasteiger partial charge in [0.15, 0.2) is 0 Å². The van der Waals surface area contributed by atoms with Gasteiger partial charge in [-0.25, -0.2) is 0 Å². The van der Waals surface area contributed by atoms with Crippen molar-refractivity contribution in [1.29, 1.82) is 0 Å². The Morgan fingerprint density at radius 2 is 1.73 bits per heavy atom. The Labute approximate surface area is 154 Å². The van der Waals surface area contributed by atoms with Gasteiger partial charge in [0.05, 0.1) is 25.4 Å². The predicted octanol–water partition coefficient (Wildman–Crippen LogP) is 2.45. The molecule has 0 bridgehead atoms. The molecule has 1 amide bonds. The molecule has 0 aromatic heterocycles. The number of rotatable bonds is 10. The van der Waals surface area contributed by atoms with Crippen molar-refractivity contribution >= 4 is 5.91 Å². The molecule has 0 spiro atoms. The summed E-state index contributed by atoms with van der Waals surface area (Å²) in [7, 11) is 0. The number of hydrogen-bond acceptors (Lipinski definition) is 4. The summed E-state index contributed by atoms with van der Waals surface area (Å²) in [5.74, 6) is 0.181. The molecule has 2 aromatic rings. The van der Waals surface area contributed by atoms with Crippen LogP contribution < -0.4 is 5.32 Å². The first kappa shape index (κ1) is 19.9. The smallest absolute Gasteiger partial charge is 0.220 e. The number of nitrogens with one attached hydrogen (secondary N) is 1. The lowest BCUT2D eigenvalue weighted by atomic mass is 10.1. The van der Waals surface area contributed by atoms with Crippen LogP contribution in [0.4, 0.5) is 0 Å². The van der Waals surface area contributed by atoms with Gasteiger partial charge < -0.3 is 20.3 Å². The highest BCUT2D eigenvalue weighted by molar-refractivity contribution is 5.76. The van der Waals surface area contributed by atoms with E-state index in [4.69, 9.17) is 4.74 Å². The van der Waals surface area contributed by atoms with Crippen molar-refractivity contribution in [3.63, 3.8) is 0 Å². The highest BCUT2D eigenvalue weighted by Gasteiger charge is 2.14. The van der Waals surface area contributed by atoms with E-state index in [1.165, 1.54) is 0 Å². The van der Waals surface area contributed by atoms with Gasteiger partial charge in [0.25, 0.3) is 0 Å². The van der Waals surface area contributed by atoms with Gasteiger partial charge in [0, 0.05) is 6.42 Å². The van der Waals surface area contributed by atoms with E-state index in [9.17, 15) is 15.0 Å². The fourth-order valence-electron chi connectivity index (χ4n) is 2.65. The second-order valence-corrected chi connectivity index (χ2v) is 6.51. The number of aryl methyl sites for hydroxylation is 1. The lowest BCUT2D eigenvalue weighted by Crippen LogP contribution is -2.40. The van der Waals surface area contributed by atoms with E-state index in [1.807, 2.05) is 42.5 Å². The Hall–Kier alpha value is -2.37. The maximum absolute atomic E-state index is 12.3. The molecule has 0 saturated carbocycles. The minimum Gasteiger partial charge on any atom is -0.508 e. The van der Waals surface area contributed by atoms with Gasteiger partial charge in [-0.1, -0.05) is 42.5 Å². The highest BCUT2D eigenvalue weighted by atomic mass is 16.5. The van der Waals surface area contributed by atoms with E-state index >= 15 is 0 Å². The zero-order valence-corrected chi connectivity index (χ0v) is 15.1. The fourth-order valence-corrected chi connectivity index (χ4v) is 2.65. The number of carbonyl (C=O) groups is 1. The predicted molar refractivity (Wildman–Crippen MR) is 101 cm³/mol. The largest absolute Gasteiger partial charge is 0.508 e. The quantitative estimate of drug-likeness (QED) is 0.610. The first-order chi connectivity index (χ1) is 12.5. The number of aliphatic hydroxyl groups is 1. The molecule has 0 radical (unpaired) electrons. The summed E-state index contributed by atoms with van der Waals surface area (Å²) in [5, 5.41) is 21.7. The molecule has 0 unspecified atom stereocenters. The summed E-state index contributed by atoms with van der Waals surface area (Å²) in [6.45, 7) is 2.21. The third-order valence-corrected chi connectivity index (χ3v) is 3.95. The minimum absolute atomic E-state index is 0.0294. The Morgan fingerprint density at radius 3 is 2.38 bits per heavy atom. The summed E-state index contributed by atoms with van der Waals surface area (Å²) in [4.78, 5) is 12.3. The van der Waals surface area contributed by atoms with Crippen LogP contribution in [0.15, 0.2) is 54.6 Å². The number of benzene rings is 2. The molecule has 0 aliphatic rings. The molecule has 0 fully saturated rings. The van der Waals surface area contributed by atoms with Gasteiger partial charge in [-0.2, -0.15) is 0 Å². The van der Waals surface area contributed by atoms with Crippen molar-refractivity contribution in [1.82, 2.24) is 5.32 Å². The van der Waals surface area contributed by atoms with E-state index in [0.29, 0.717) is 25.9 Å². The molecule has 26 heavy (non-hydrogen) atoms. The topological polar surface area (TPSA) is 78.8 Å². The van der Waals surface area contributed by atoms with Gasteiger partial charge in [-0.05, 0) is 43.0 Å². The number of amides is 1. The van der Waals surface area contributed by atoms with E-state index in [0.717, 1.165) is 11.1 Å². The third-order valence-electron chi connectivity index (χ3n) is 3.95. The van der Waals surface area contributed by atoms with Gasteiger partial charge in [0.2, 0.25) is 5.91 Å². The summed E-state index contributed by atoms with van der Waals surface area (Å²) >= 11 is 0. The summed E-state index contributed by atoms with van der Waals surface area (Å²) in [6, 6.07) is 16.6. The molecule has 0 aliphatic heterocycles. The van der Waals surface area contributed by atoms with Crippen molar-refractivity contribution in [2.45, 2.75) is 38.3 Å². The molecule has 3 N–H and O–H groups in total. The molecule has 5 heteroatoms. The average molecular weight is 357 g/mol. The molecular formula is C21H27NO4. The van der Waals surface area contributed by atoms with Crippen LogP contribution in [0.2, 0.25) is 0 Å². The molecule has 2 rings (SSSR count). The van der Waals surface area contributed by atoms with Gasteiger partial charge in [-0.3, -0.25) is 4.79 Å². The van der Waals surface area contributed by atoms with Crippen molar-refractivity contribution in [2.24, 2.45) is 0 Å². The van der Waals surface area contributed by atoms with Crippen LogP contribution in [0.3, 0.4) is 0 Å². The fraction of sp³-hybridized carbons (Fsp3) is 0.381. The minimum atomic E-state index is -0.543. The summed E-state index contributed by atoms with van der Waals surface area (Å²) < 4.78 is 5.50. The lowest BCUT2D eigenvalue weighted by molar-refractivity contribution is -0.122. The molecular weight excluding hydrogens is 330 g/mol. The van der Waals surface area contributed by atoms with E-state index in [1.54, 1.807) is 19.1 Å². The van der Waals surface area contributed by atoms with E-state index in [2.05, 4.69) is 5.32 Å². The maximum Gasteiger partial charge on any atom is 0.220 e. The first-order valence-electron chi connectivity index (χ1n) is 8.90. The van der Waals surface area contributed by atoms with Gasteiger partial charge >= 0.3 is 0 Å². The molecule has 2 atom stereocenters. The van der Waals surface area contributed by atoms with Crippen LogP contribution in [0.1, 0.15) is 24.5 Å². The van der Waals surface area contributed by atoms with Crippen LogP contribution in [0, 0.1) is 0 Å². The molecule has 0 aliphatic carbocycles. The van der Waals surface area contributed by atoms with E-state index < -0.39 is 6.10 Å². The maximum atomic E-state index is 12.3. The number of ether oxygens (including phenoxy) is 1. The zero-order chi connectivity index (χ0) is 18.8. The molecule has 2 aromatic carbocycles. The number of hydrogen-bond donors (Lipinski definition) is 3. The van der Waals surface area contributed by atoms with Gasteiger partial charge in [0.1, 0.15) is 5.75 Å². The third kappa shape index (κ3) is 7.68. The Balaban J connectivity index is 1.88. The van der Waals surface area contributed by atoms with Crippen LogP contribution in [0.25, 0.3) is 0 Å². The van der Waals surface area contributed by atoms with Crippen LogP contribution in [0.5, 0.6) is 5.75 Å². The lowest BCUT2D eigenvalue weighted by Gasteiger charge is -2.20. The highest BCUT2D eigenvalue weighted by Crippen LogP contribution is 2.12. The Kier molecular flexibility index (Phi) is 8.12. The molecule has 0 saturated heterocycles. The van der Waals surface area contributed by atoms with Crippen molar-refractivity contribution < 1.29 is 19.7 Å². The molecule has 5 nitrogen and oxygen atoms in total. The van der Waals surface area contributed by atoms with Crippen LogP contribution in [-0.4, -0.2) is 41.5 Å². The SMILES string of the molecule is C[C@@H](O)COC[C@H](Cc1ccc(O)cc1)NC(=O)CCc1ccccc1. The number of phenolic OH excluding ortho intramolecular Hbond substituents is 1. The number of aromatic hydroxyl groups is 1. The first-order valence-corrected chi connectivity index (χ1v) is 8.90. The normalized spacial score (nSPS) is 13.2. The Morgan fingerprint density at radius 1 is 1.04 bits per heavy atom. The Bertz CT molecular complexity index is 655. The number of aliphatic hydroxyl groups excluding tert-OH is 1. The van der Waals surface area contributed by atoms with Crippen molar-refractivity contribution in [3.8, 4) is 5.75 Å². The standard InChI is InChI=1S/C21H27NO4/c1-16(23)14-26-15-19(13-18-7-10-20(24)11-8-18)22-21(25)12-9-17-5-3-2-4-6-17/h2-8,10-11,16,19,23-24H,9,12-15H2,1H3,(H,22,25)/t16-,19+/m1/s1. The van der Waals surface area contributed by atoms with Crippen LogP contribution >= 0.6 is 0 Å². The average Bonchev–Trinajstić information content (AvgIpc) is 2.62. The second kappa shape index (κ2) is 10.6. The van der Waals surface area contributed by atoms with Gasteiger partial charge in [-0.15, -0.1) is 0 Å². The van der Waals surface area contributed by atoms with E-state index in [-0.39, 0.29) is 24.3 Å². The van der Waals surface area contributed by atoms with Crippen molar-refractivity contribution in [2.75, 3.05) is 13.2 Å². The van der Waals surface area contributed by atoms with Crippen LogP contribution in [-0.2, 0) is 22.4 Å². The molecule has 0 heterocycles. The summed E-state index contributed by atoms with van der Waals surface area (Å²) in [6.07, 6.45) is 1.15. The molecule has 140 valence electrons. The van der Waals surface area contributed by atoms with Crippen molar-refractivity contribution in [3.05, 3.63) is 65.7 Å². The second-order valence-electron chi connectivity index (χ2n) is 6.51.